The van der Waals surface area contributed by atoms with Crippen LogP contribution < -0.4 is 4.74 Å². The second-order valence-electron chi connectivity index (χ2n) is 8.61. The standard InChI is InChI=1S/C28H31NO3/c1-21(2)25-15-9-10-16-26(25)27-19-24(32-23-13-7-4-8-14-23)17-18-29(27)28(30)31-20-22-11-5-3-6-12-22/h3-16,21,24,27H,17-20H2,1-2H3. The van der Waals surface area contributed by atoms with Gasteiger partial charge in [-0.05, 0) is 34.7 Å². The van der Waals surface area contributed by atoms with E-state index in [-0.39, 0.29) is 24.8 Å². The van der Waals surface area contributed by atoms with Gasteiger partial charge in [0.15, 0.2) is 0 Å². The van der Waals surface area contributed by atoms with Gasteiger partial charge in [-0.2, -0.15) is 0 Å². The van der Waals surface area contributed by atoms with Gasteiger partial charge < -0.3 is 14.4 Å². The number of likely N-dealkylation sites (tertiary alicyclic amines) is 1. The highest BCUT2D eigenvalue weighted by Crippen LogP contribution is 2.37. The number of hydrogen-bond donors (Lipinski definition) is 0. The van der Waals surface area contributed by atoms with Crippen molar-refractivity contribution in [3.63, 3.8) is 0 Å². The first kappa shape index (κ1) is 21.9. The molecule has 1 fully saturated rings. The Morgan fingerprint density at radius 3 is 2.31 bits per heavy atom. The van der Waals surface area contributed by atoms with Crippen LogP contribution in [0.1, 0.15) is 55.3 Å². The molecule has 1 aliphatic rings. The third kappa shape index (κ3) is 5.31. The van der Waals surface area contributed by atoms with Crippen molar-refractivity contribution in [1.82, 2.24) is 4.90 Å². The lowest BCUT2D eigenvalue weighted by Gasteiger charge is -2.40. The molecular weight excluding hydrogens is 398 g/mol. The summed E-state index contributed by atoms with van der Waals surface area (Å²) in [5.74, 6) is 1.23. The third-order valence-corrected chi connectivity index (χ3v) is 6.02. The summed E-state index contributed by atoms with van der Waals surface area (Å²) in [5, 5.41) is 0. The van der Waals surface area contributed by atoms with Gasteiger partial charge in [-0.15, -0.1) is 0 Å². The summed E-state index contributed by atoms with van der Waals surface area (Å²) in [6.45, 7) is 5.26. The van der Waals surface area contributed by atoms with Gasteiger partial charge >= 0.3 is 6.09 Å². The van der Waals surface area contributed by atoms with E-state index >= 15 is 0 Å². The molecule has 2 unspecified atom stereocenters. The maximum atomic E-state index is 13.2. The summed E-state index contributed by atoms with van der Waals surface area (Å²) in [4.78, 5) is 15.0. The zero-order valence-electron chi connectivity index (χ0n) is 18.8. The molecule has 4 heteroatoms. The van der Waals surface area contributed by atoms with Crippen LogP contribution >= 0.6 is 0 Å². The minimum Gasteiger partial charge on any atom is -0.490 e. The fourth-order valence-corrected chi connectivity index (χ4v) is 4.39. The number of para-hydroxylation sites is 1. The van der Waals surface area contributed by atoms with Gasteiger partial charge in [0.1, 0.15) is 18.5 Å². The lowest BCUT2D eigenvalue weighted by Crippen LogP contribution is -2.44. The van der Waals surface area contributed by atoms with Crippen LogP contribution in [0.4, 0.5) is 4.79 Å². The normalized spacial score (nSPS) is 18.4. The molecule has 1 saturated heterocycles. The van der Waals surface area contributed by atoms with Gasteiger partial charge in [0.05, 0.1) is 6.04 Å². The van der Waals surface area contributed by atoms with Crippen LogP contribution in [0.3, 0.4) is 0 Å². The highest BCUT2D eigenvalue weighted by atomic mass is 16.6. The minimum absolute atomic E-state index is 0.0424. The Bertz CT molecular complexity index is 1000. The second-order valence-corrected chi connectivity index (χ2v) is 8.61. The summed E-state index contributed by atoms with van der Waals surface area (Å²) in [6.07, 6.45) is 1.28. The Kier molecular flexibility index (Phi) is 7.10. The fourth-order valence-electron chi connectivity index (χ4n) is 4.39. The lowest BCUT2D eigenvalue weighted by molar-refractivity contribution is 0.0340. The van der Waals surface area contributed by atoms with Crippen molar-refractivity contribution in [1.29, 1.82) is 0 Å². The van der Waals surface area contributed by atoms with E-state index < -0.39 is 0 Å². The maximum absolute atomic E-state index is 13.2. The van der Waals surface area contributed by atoms with Crippen molar-refractivity contribution in [2.75, 3.05) is 6.54 Å². The van der Waals surface area contributed by atoms with Crippen molar-refractivity contribution < 1.29 is 14.3 Å². The second kappa shape index (κ2) is 10.4. The van der Waals surface area contributed by atoms with Gasteiger partial charge in [0, 0.05) is 19.4 Å². The van der Waals surface area contributed by atoms with Crippen molar-refractivity contribution in [3.05, 3.63) is 102 Å². The molecule has 3 aromatic carbocycles. The van der Waals surface area contributed by atoms with Crippen LogP contribution in [0, 0.1) is 0 Å². The summed E-state index contributed by atoms with van der Waals surface area (Å²) < 4.78 is 12.0. The van der Waals surface area contributed by atoms with Crippen LogP contribution in [-0.4, -0.2) is 23.6 Å². The van der Waals surface area contributed by atoms with Crippen LogP contribution in [0.15, 0.2) is 84.9 Å². The predicted molar refractivity (Wildman–Crippen MR) is 127 cm³/mol. The zero-order chi connectivity index (χ0) is 22.3. The third-order valence-electron chi connectivity index (χ3n) is 6.02. The Hall–Kier alpha value is -3.27. The fraction of sp³-hybridized carbons (Fsp3) is 0.321. The van der Waals surface area contributed by atoms with E-state index in [2.05, 4.69) is 38.1 Å². The lowest BCUT2D eigenvalue weighted by atomic mass is 9.87. The first-order valence-electron chi connectivity index (χ1n) is 11.4. The largest absolute Gasteiger partial charge is 0.490 e. The van der Waals surface area contributed by atoms with E-state index in [1.807, 2.05) is 65.6 Å². The molecule has 0 saturated carbocycles. The summed E-state index contributed by atoms with van der Waals surface area (Å²) in [5.41, 5.74) is 3.43. The number of rotatable bonds is 6. The van der Waals surface area contributed by atoms with E-state index in [9.17, 15) is 4.79 Å². The van der Waals surface area contributed by atoms with E-state index in [4.69, 9.17) is 9.47 Å². The van der Waals surface area contributed by atoms with Crippen molar-refractivity contribution in [3.8, 4) is 5.75 Å². The van der Waals surface area contributed by atoms with E-state index in [1.165, 1.54) is 11.1 Å². The molecule has 0 radical (unpaired) electrons. The number of piperidine rings is 1. The zero-order valence-corrected chi connectivity index (χ0v) is 18.8. The Labute approximate surface area is 190 Å². The van der Waals surface area contributed by atoms with E-state index in [0.29, 0.717) is 12.5 Å². The molecule has 0 bridgehead atoms. The molecule has 0 aliphatic carbocycles. The number of ether oxygens (including phenoxy) is 2. The first-order valence-corrected chi connectivity index (χ1v) is 11.4. The molecule has 0 spiro atoms. The van der Waals surface area contributed by atoms with Crippen LogP contribution in [0.5, 0.6) is 5.75 Å². The number of nitrogens with zero attached hydrogens (tertiary/aromatic N) is 1. The molecule has 3 aromatic rings. The summed E-state index contributed by atoms with van der Waals surface area (Å²) in [7, 11) is 0. The quantitative estimate of drug-likeness (QED) is 0.436. The molecule has 2 atom stereocenters. The van der Waals surface area contributed by atoms with Crippen LogP contribution in [0.25, 0.3) is 0 Å². The maximum Gasteiger partial charge on any atom is 0.410 e. The number of carbonyl (C=O) groups excluding carboxylic acids is 1. The highest BCUT2D eigenvalue weighted by Gasteiger charge is 2.36. The molecule has 4 nitrogen and oxygen atoms in total. The van der Waals surface area contributed by atoms with Crippen LogP contribution in [0.2, 0.25) is 0 Å². The first-order chi connectivity index (χ1) is 15.6. The van der Waals surface area contributed by atoms with Gasteiger partial charge in [0.25, 0.3) is 0 Å². The van der Waals surface area contributed by atoms with Gasteiger partial charge in [-0.25, -0.2) is 4.79 Å². The summed E-state index contributed by atoms with van der Waals surface area (Å²) in [6, 6.07) is 28.1. The summed E-state index contributed by atoms with van der Waals surface area (Å²) >= 11 is 0. The smallest absolute Gasteiger partial charge is 0.410 e. The molecule has 4 rings (SSSR count). The number of carbonyl (C=O) groups is 1. The van der Waals surface area contributed by atoms with Crippen LogP contribution in [-0.2, 0) is 11.3 Å². The van der Waals surface area contributed by atoms with Gasteiger partial charge in [-0.3, -0.25) is 0 Å². The number of hydrogen-bond acceptors (Lipinski definition) is 3. The number of amides is 1. The van der Waals surface area contributed by atoms with Crippen molar-refractivity contribution >= 4 is 6.09 Å². The van der Waals surface area contributed by atoms with Gasteiger partial charge in [0.2, 0.25) is 0 Å². The monoisotopic (exact) mass is 429 g/mol. The Morgan fingerprint density at radius 2 is 1.59 bits per heavy atom. The predicted octanol–water partition coefficient (Wildman–Crippen LogP) is 6.73. The van der Waals surface area contributed by atoms with E-state index in [1.54, 1.807) is 0 Å². The van der Waals surface area contributed by atoms with Gasteiger partial charge in [-0.1, -0.05) is 86.6 Å². The highest BCUT2D eigenvalue weighted by molar-refractivity contribution is 5.69. The Balaban J connectivity index is 1.55. The molecule has 166 valence electrons. The molecular formula is C28H31NO3. The molecule has 1 heterocycles. The van der Waals surface area contributed by atoms with Crippen molar-refractivity contribution in [2.45, 2.75) is 51.4 Å². The minimum atomic E-state index is -0.268. The SMILES string of the molecule is CC(C)c1ccccc1C1CC(Oc2ccccc2)CCN1C(=O)OCc1ccccc1. The average Bonchev–Trinajstić information content (AvgIpc) is 2.84. The molecule has 0 N–H and O–H groups in total. The Morgan fingerprint density at radius 1 is 0.938 bits per heavy atom. The van der Waals surface area contributed by atoms with E-state index in [0.717, 1.165) is 24.2 Å². The average molecular weight is 430 g/mol. The molecule has 0 aromatic heterocycles. The molecule has 32 heavy (non-hydrogen) atoms. The van der Waals surface area contributed by atoms with Crippen molar-refractivity contribution in [2.24, 2.45) is 0 Å². The molecule has 1 amide bonds. The molecule has 1 aliphatic heterocycles. The number of benzene rings is 3. The topological polar surface area (TPSA) is 38.8 Å².